The number of nitrogens with zero attached hydrogens (tertiary/aromatic N) is 3. The van der Waals surface area contributed by atoms with Crippen molar-refractivity contribution in [2.75, 3.05) is 17.7 Å². The van der Waals surface area contributed by atoms with Gasteiger partial charge in [-0.15, -0.1) is 10.2 Å². The van der Waals surface area contributed by atoms with Gasteiger partial charge in [-0.3, -0.25) is 4.79 Å². The van der Waals surface area contributed by atoms with Gasteiger partial charge in [0.05, 0.1) is 35.4 Å². The van der Waals surface area contributed by atoms with Gasteiger partial charge in [0, 0.05) is 40.0 Å². The average Bonchev–Trinajstić information content (AvgIpc) is 3.77. The summed E-state index contributed by atoms with van der Waals surface area (Å²) in [7, 11) is 1.32. The van der Waals surface area contributed by atoms with E-state index in [-0.39, 0.29) is 5.91 Å². The summed E-state index contributed by atoms with van der Waals surface area (Å²) in [6, 6.07) is 25.1. The maximum atomic E-state index is 12.8. The van der Waals surface area contributed by atoms with Crippen LogP contribution in [0.25, 0.3) is 34.4 Å². The fraction of sp³-hybridized carbons (Fsp3) is 0.121. The number of H-pyrrole nitrogens is 2. The van der Waals surface area contributed by atoms with Gasteiger partial charge in [0.25, 0.3) is 5.91 Å². The van der Waals surface area contributed by atoms with Crippen LogP contribution >= 0.6 is 0 Å². The van der Waals surface area contributed by atoms with Crippen LogP contribution in [0.3, 0.4) is 0 Å². The van der Waals surface area contributed by atoms with Gasteiger partial charge in [0.2, 0.25) is 0 Å². The van der Waals surface area contributed by atoms with Crippen molar-refractivity contribution < 1.29 is 14.3 Å². The highest BCUT2D eigenvalue weighted by atomic mass is 16.5. The number of rotatable bonds is 7. The highest BCUT2D eigenvalue weighted by molar-refractivity contribution is 6.35. The van der Waals surface area contributed by atoms with Crippen molar-refractivity contribution in [3.63, 3.8) is 0 Å². The smallest absolute Gasteiger partial charge is 0.339 e. The summed E-state index contributed by atoms with van der Waals surface area (Å²) in [5, 5.41) is 24.5. The van der Waals surface area contributed by atoms with Crippen LogP contribution in [-0.4, -0.2) is 39.2 Å². The fourth-order valence-corrected chi connectivity index (χ4v) is 4.85. The number of aromatic amines is 2. The molecule has 1 aliphatic rings. The van der Waals surface area contributed by atoms with Gasteiger partial charge < -0.3 is 25.3 Å². The number of carbonyl (C=O) groups excluding carboxylic acids is 2. The molecule has 0 fully saturated rings. The van der Waals surface area contributed by atoms with E-state index in [9.17, 15) is 14.9 Å². The summed E-state index contributed by atoms with van der Waals surface area (Å²) < 4.78 is 4.75. The predicted octanol–water partition coefficient (Wildman–Crippen LogP) is 6.29. The Morgan fingerprint density at radius 2 is 1.70 bits per heavy atom. The van der Waals surface area contributed by atoms with Crippen molar-refractivity contribution in [2.45, 2.75) is 19.3 Å². The second kappa shape index (κ2) is 10.8. The predicted molar refractivity (Wildman–Crippen MR) is 164 cm³/mol. The quantitative estimate of drug-likeness (QED) is 0.133. The summed E-state index contributed by atoms with van der Waals surface area (Å²) in [5.74, 6) is 0.542. The number of amides is 1. The number of nitrogens with one attached hydrogen (secondary N) is 4. The molecule has 2 aromatic heterocycles. The summed E-state index contributed by atoms with van der Waals surface area (Å²) in [5.41, 5.74) is 6.53. The Kier molecular flexibility index (Phi) is 6.84. The number of benzene rings is 3. The van der Waals surface area contributed by atoms with E-state index >= 15 is 0 Å². The first-order chi connectivity index (χ1) is 20.7. The number of anilines is 3. The van der Waals surface area contributed by atoms with Gasteiger partial charge in [-0.25, -0.2) is 4.79 Å². The van der Waals surface area contributed by atoms with E-state index in [1.165, 1.54) is 7.11 Å². The molecule has 5 aromatic rings. The molecule has 0 atom stereocenters. The Morgan fingerprint density at radius 1 is 0.977 bits per heavy atom. The largest absolute Gasteiger partial charge is 0.465 e. The van der Waals surface area contributed by atoms with Crippen LogP contribution in [0.1, 0.15) is 41.0 Å². The first-order valence-electron chi connectivity index (χ1n) is 13.5. The van der Waals surface area contributed by atoms with Crippen LogP contribution < -0.4 is 10.6 Å². The van der Waals surface area contributed by atoms with Crippen molar-refractivity contribution in [1.82, 2.24) is 20.2 Å². The van der Waals surface area contributed by atoms with Crippen LogP contribution in [0.4, 0.5) is 17.1 Å². The molecule has 1 aliphatic heterocycles. The minimum Gasteiger partial charge on any atom is -0.465 e. The van der Waals surface area contributed by atoms with Gasteiger partial charge in [0.15, 0.2) is 11.6 Å². The van der Waals surface area contributed by atoms with E-state index in [1.54, 1.807) is 18.3 Å². The lowest BCUT2D eigenvalue weighted by Crippen LogP contribution is -2.13. The molecule has 10 heteroatoms. The first-order valence-corrected chi connectivity index (χ1v) is 13.5. The third-order valence-electron chi connectivity index (χ3n) is 7.28. The van der Waals surface area contributed by atoms with Crippen molar-refractivity contribution in [3.05, 3.63) is 101 Å². The molecule has 0 saturated carbocycles. The van der Waals surface area contributed by atoms with Gasteiger partial charge >= 0.3 is 5.97 Å². The van der Waals surface area contributed by atoms with Crippen molar-refractivity contribution >= 4 is 40.6 Å². The Bertz CT molecular complexity index is 1960. The molecule has 0 unspecified atom stereocenters. The molecule has 10 nitrogen and oxygen atoms in total. The van der Waals surface area contributed by atoms with Crippen LogP contribution in [-0.2, 0) is 14.9 Å². The topological polar surface area (TPSA) is 149 Å². The molecule has 6 rings (SSSR count). The van der Waals surface area contributed by atoms with Crippen LogP contribution in [0.2, 0.25) is 0 Å². The summed E-state index contributed by atoms with van der Waals surface area (Å²) in [4.78, 5) is 30.8. The summed E-state index contributed by atoms with van der Waals surface area (Å²) >= 11 is 0. The van der Waals surface area contributed by atoms with E-state index in [0.717, 1.165) is 33.6 Å². The minimum atomic E-state index is -0.616. The van der Waals surface area contributed by atoms with Crippen molar-refractivity contribution in [2.24, 2.45) is 0 Å². The highest BCUT2D eigenvalue weighted by Gasteiger charge is 2.25. The van der Waals surface area contributed by atoms with E-state index < -0.39 is 11.4 Å². The Balaban J connectivity index is 1.21. The molecular formula is C33H27N7O3. The zero-order valence-corrected chi connectivity index (χ0v) is 23.6. The molecule has 0 aliphatic carbocycles. The lowest BCUT2D eigenvalue weighted by Gasteiger charge is -2.16. The minimum absolute atomic E-state index is 0.230. The Labute approximate surface area is 247 Å². The number of ether oxygens (including phenoxy) is 1. The second-order valence-corrected chi connectivity index (χ2v) is 10.7. The van der Waals surface area contributed by atoms with Crippen molar-refractivity contribution in [1.29, 1.82) is 5.26 Å². The van der Waals surface area contributed by atoms with Crippen LogP contribution in [0.15, 0.2) is 79.0 Å². The van der Waals surface area contributed by atoms with E-state index in [4.69, 9.17) is 4.74 Å². The number of aromatic nitrogens is 4. The highest BCUT2D eigenvalue weighted by Crippen LogP contribution is 2.36. The number of carbonyl (C=O) groups is 2. The standard InChI is InChI=1S/C33H27N7O3/c1-33(2,18-34)22-8-4-6-19(12-22)29-38-30(40-39-29)20-7-5-9-23(13-20)36-24-10-11-26-27(31(41)37-28(26)16-24)15-25-14-21(17-35-25)32(42)43-3/h4-17,35-36H,1-3H3,(H,37,41)(H,38,39,40)/b27-15-. The maximum absolute atomic E-state index is 12.8. The SMILES string of the molecule is COC(=O)c1c[nH]c(/C=C2\C(=O)Nc3cc(Nc4cccc(-c5nnc(-c6cccc(C(C)(C)C#N)c6)[nH]5)c4)ccc32)c1. The zero-order valence-electron chi connectivity index (χ0n) is 23.6. The zero-order chi connectivity index (χ0) is 30.1. The third-order valence-corrected chi connectivity index (χ3v) is 7.28. The average molecular weight is 570 g/mol. The molecule has 212 valence electrons. The number of hydrogen-bond donors (Lipinski definition) is 4. The second-order valence-electron chi connectivity index (χ2n) is 10.7. The Hall–Kier alpha value is -5.95. The van der Waals surface area contributed by atoms with Crippen molar-refractivity contribution in [3.8, 4) is 28.8 Å². The van der Waals surface area contributed by atoms with Crippen LogP contribution in [0.5, 0.6) is 0 Å². The van der Waals surface area contributed by atoms with Gasteiger partial charge in [-0.2, -0.15) is 5.26 Å². The summed E-state index contributed by atoms with van der Waals surface area (Å²) in [6.07, 6.45) is 3.25. The van der Waals surface area contributed by atoms with Gasteiger partial charge in [-0.1, -0.05) is 36.4 Å². The Morgan fingerprint density at radius 3 is 2.44 bits per heavy atom. The molecular weight excluding hydrogens is 542 g/mol. The monoisotopic (exact) mass is 569 g/mol. The normalized spacial score (nSPS) is 13.3. The van der Waals surface area contributed by atoms with Crippen LogP contribution in [0, 0.1) is 11.3 Å². The van der Waals surface area contributed by atoms with E-state index in [1.807, 2.05) is 80.6 Å². The molecule has 3 heterocycles. The van der Waals surface area contributed by atoms with E-state index in [2.05, 4.69) is 36.9 Å². The number of esters is 1. The fourth-order valence-electron chi connectivity index (χ4n) is 4.85. The molecule has 1 amide bonds. The molecule has 3 aromatic carbocycles. The molecule has 0 radical (unpaired) electrons. The number of nitriles is 1. The molecule has 0 saturated heterocycles. The number of hydrogen-bond acceptors (Lipinski definition) is 7. The molecule has 43 heavy (non-hydrogen) atoms. The van der Waals surface area contributed by atoms with E-state index in [0.29, 0.717) is 34.2 Å². The number of methoxy groups -OCH3 is 1. The number of fused-ring (bicyclic) bond motifs is 1. The summed E-state index contributed by atoms with van der Waals surface area (Å²) in [6.45, 7) is 3.76. The molecule has 0 spiro atoms. The van der Waals surface area contributed by atoms with Gasteiger partial charge in [0.1, 0.15) is 0 Å². The maximum Gasteiger partial charge on any atom is 0.339 e. The third kappa shape index (κ3) is 5.39. The molecule has 0 bridgehead atoms. The molecule has 4 N–H and O–H groups in total. The van der Waals surface area contributed by atoms with Gasteiger partial charge in [-0.05, 0) is 61.9 Å². The first kappa shape index (κ1) is 27.2. The lowest BCUT2D eigenvalue weighted by atomic mass is 9.85. The lowest BCUT2D eigenvalue weighted by molar-refractivity contribution is -0.110.